The fourth-order valence-electron chi connectivity index (χ4n) is 3.27. The molecule has 0 aliphatic heterocycles. The molecule has 3 aromatic rings. The lowest BCUT2D eigenvalue weighted by Gasteiger charge is -2.12. The Morgan fingerprint density at radius 1 is 1.13 bits per heavy atom. The zero-order chi connectivity index (χ0) is 15.8. The quantitative estimate of drug-likeness (QED) is 0.466. The topological polar surface area (TPSA) is 25.8 Å². The van der Waals surface area contributed by atoms with Crippen LogP contribution in [0.5, 0.6) is 0 Å². The highest BCUT2D eigenvalue weighted by Gasteiger charge is 2.20. The van der Waals surface area contributed by atoms with Gasteiger partial charge in [0.15, 0.2) is 0 Å². The summed E-state index contributed by atoms with van der Waals surface area (Å²) in [6.07, 6.45) is 6.76. The summed E-state index contributed by atoms with van der Waals surface area (Å²) in [7, 11) is 0. The van der Waals surface area contributed by atoms with Gasteiger partial charge in [0.05, 0.1) is 0 Å². The predicted molar refractivity (Wildman–Crippen MR) is 99.5 cm³/mol. The highest BCUT2D eigenvalue weighted by atomic mass is 32.2. The number of aromatic nitrogens is 2. The molecule has 0 bridgehead atoms. The van der Waals surface area contributed by atoms with Crippen LogP contribution in [0.2, 0.25) is 0 Å². The average Bonchev–Trinajstić information content (AvgIpc) is 2.95. The summed E-state index contributed by atoms with van der Waals surface area (Å²) >= 11 is 3.74. The first-order chi connectivity index (χ1) is 11.2. The monoisotopic (exact) mass is 340 g/mol. The van der Waals surface area contributed by atoms with Crippen LogP contribution in [-0.4, -0.2) is 9.97 Å². The Bertz CT molecular complexity index is 867. The van der Waals surface area contributed by atoms with Gasteiger partial charge in [0.1, 0.15) is 16.2 Å². The van der Waals surface area contributed by atoms with Gasteiger partial charge in [0.25, 0.3) is 0 Å². The van der Waals surface area contributed by atoms with Crippen LogP contribution in [-0.2, 0) is 18.6 Å². The van der Waals surface area contributed by atoms with Crippen LogP contribution in [0.1, 0.15) is 40.0 Å². The number of hydrogen-bond donors (Lipinski definition) is 0. The molecular weight excluding hydrogens is 320 g/mol. The molecule has 2 heterocycles. The summed E-state index contributed by atoms with van der Waals surface area (Å²) < 4.78 is 0. The Balaban J connectivity index is 1.69. The van der Waals surface area contributed by atoms with Crippen molar-refractivity contribution in [1.82, 2.24) is 9.97 Å². The molecule has 0 fully saturated rings. The van der Waals surface area contributed by atoms with Crippen molar-refractivity contribution in [3.63, 3.8) is 0 Å². The van der Waals surface area contributed by atoms with E-state index in [2.05, 4.69) is 42.0 Å². The first-order valence-electron chi connectivity index (χ1n) is 8.16. The van der Waals surface area contributed by atoms with Crippen molar-refractivity contribution in [2.45, 2.75) is 50.3 Å². The lowest BCUT2D eigenvalue weighted by molar-refractivity contribution is 0.699. The van der Waals surface area contributed by atoms with Crippen LogP contribution in [0.3, 0.4) is 0 Å². The number of thioether (sulfide) groups is 1. The predicted octanol–water partition coefficient (Wildman–Crippen LogP) is 5.48. The molecule has 0 amide bonds. The third-order valence-electron chi connectivity index (χ3n) is 4.59. The summed E-state index contributed by atoms with van der Waals surface area (Å²) in [6, 6.07) is 6.69. The van der Waals surface area contributed by atoms with E-state index < -0.39 is 0 Å². The number of fused-ring (bicyclic) bond motifs is 3. The van der Waals surface area contributed by atoms with Gasteiger partial charge in [-0.15, -0.1) is 23.1 Å². The maximum atomic E-state index is 4.61. The van der Waals surface area contributed by atoms with Crippen LogP contribution in [0.25, 0.3) is 10.2 Å². The molecule has 1 aliphatic carbocycles. The van der Waals surface area contributed by atoms with Gasteiger partial charge in [0.2, 0.25) is 0 Å². The Kier molecular flexibility index (Phi) is 4.12. The minimum atomic E-state index is 0.976. The van der Waals surface area contributed by atoms with Gasteiger partial charge in [-0.05, 0) is 56.2 Å². The van der Waals surface area contributed by atoms with Crippen molar-refractivity contribution in [3.05, 3.63) is 51.7 Å². The van der Waals surface area contributed by atoms with E-state index in [9.17, 15) is 0 Å². The highest BCUT2D eigenvalue weighted by Crippen LogP contribution is 2.39. The zero-order valence-corrected chi connectivity index (χ0v) is 15.2. The summed E-state index contributed by atoms with van der Waals surface area (Å²) in [5.41, 5.74) is 5.62. The Hall–Kier alpha value is -1.39. The number of thiophene rings is 1. The van der Waals surface area contributed by atoms with E-state index in [1.165, 1.54) is 58.2 Å². The molecule has 0 unspecified atom stereocenters. The molecule has 4 heteroatoms. The fourth-order valence-corrected chi connectivity index (χ4v) is 5.66. The van der Waals surface area contributed by atoms with Crippen LogP contribution < -0.4 is 0 Å². The summed E-state index contributed by atoms with van der Waals surface area (Å²) in [5, 5.41) is 2.50. The lowest BCUT2D eigenvalue weighted by Crippen LogP contribution is -1.99. The van der Waals surface area contributed by atoms with Crippen molar-refractivity contribution in [2.75, 3.05) is 0 Å². The van der Waals surface area contributed by atoms with Gasteiger partial charge >= 0.3 is 0 Å². The molecular formula is C19H20N2S2. The van der Waals surface area contributed by atoms with E-state index in [1.807, 2.05) is 23.1 Å². The third-order valence-corrected chi connectivity index (χ3v) is 6.82. The summed E-state index contributed by atoms with van der Waals surface area (Å²) in [4.78, 5) is 11.9. The first-order valence-corrected chi connectivity index (χ1v) is 9.97. The second kappa shape index (κ2) is 6.25. The molecule has 0 spiro atoms. The molecule has 0 saturated heterocycles. The number of hydrogen-bond acceptors (Lipinski definition) is 4. The van der Waals surface area contributed by atoms with Crippen LogP contribution in [0.15, 0.2) is 29.6 Å². The Morgan fingerprint density at radius 2 is 2.00 bits per heavy atom. The molecule has 1 aliphatic rings. The SMILES string of the molecule is Cc1ccc(C)c(CSc2ncnc3sc4c(c23)CCCC4)c1. The van der Waals surface area contributed by atoms with Crippen molar-refractivity contribution < 1.29 is 0 Å². The summed E-state index contributed by atoms with van der Waals surface area (Å²) in [6.45, 7) is 4.35. The molecule has 1 aromatic carbocycles. The fraction of sp³-hybridized carbons (Fsp3) is 0.368. The van der Waals surface area contributed by atoms with Gasteiger partial charge < -0.3 is 0 Å². The van der Waals surface area contributed by atoms with Crippen molar-refractivity contribution in [2.24, 2.45) is 0 Å². The number of benzene rings is 1. The summed E-state index contributed by atoms with van der Waals surface area (Å²) in [5.74, 6) is 0.976. The molecule has 2 aromatic heterocycles. The minimum absolute atomic E-state index is 0.976. The van der Waals surface area contributed by atoms with Crippen molar-refractivity contribution in [1.29, 1.82) is 0 Å². The lowest BCUT2D eigenvalue weighted by atomic mass is 9.97. The van der Waals surface area contributed by atoms with E-state index in [-0.39, 0.29) is 0 Å². The van der Waals surface area contributed by atoms with E-state index >= 15 is 0 Å². The van der Waals surface area contributed by atoms with Crippen molar-refractivity contribution in [3.8, 4) is 0 Å². The van der Waals surface area contributed by atoms with E-state index in [0.717, 1.165) is 10.8 Å². The molecule has 0 atom stereocenters. The molecule has 118 valence electrons. The van der Waals surface area contributed by atoms with E-state index in [1.54, 1.807) is 11.2 Å². The molecule has 4 rings (SSSR count). The largest absolute Gasteiger partial charge is 0.229 e. The molecule has 0 saturated carbocycles. The average molecular weight is 341 g/mol. The van der Waals surface area contributed by atoms with Crippen LogP contribution >= 0.6 is 23.1 Å². The normalized spacial score (nSPS) is 14.2. The second-order valence-electron chi connectivity index (χ2n) is 6.29. The zero-order valence-electron chi connectivity index (χ0n) is 13.6. The van der Waals surface area contributed by atoms with E-state index in [4.69, 9.17) is 0 Å². The van der Waals surface area contributed by atoms with Gasteiger partial charge in [-0.2, -0.15) is 0 Å². The number of nitrogens with zero attached hydrogens (tertiary/aromatic N) is 2. The number of rotatable bonds is 3. The molecule has 23 heavy (non-hydrogen) atoms. The van der Waals surface area contributed by atoms with Crippen LogP contribution in [0.4, 0.5) is 0 Å². The third kappa shape index (κ3) is 2.90. The smallest absolute Gasteiger partial charge is 0.128 e. The van der Waals surface area contributed by atoms with Crippen molar-refractivity contribution >= 4 is 33.3 Å². The second-order valence-corrected chi connectivity index (χ2v) is 8.34. The number of aryl methyl sites for hydroxylation is 4. The van der Waals surface area contributed by atoms with Gasteiger partial charge in [-0.25, -0.2) is 9.97 Å². The standard InChI is InChI=1S/C19H20N2S2/c1-12-7-8-13(2)14(9-12)10-22-18-17-15-5-3-4-6-16(15)23-19(17)21-11-20-18/h7-9,11H,3-6,10H2,1-2H3. The molecule has 0 radical (unpaired) electrons. The Labute approximate surface area is 145 Å². The van der Waals surface area contributed by atoms with Gasteiger partial charge in [-0.3, -0.25) is 0 Å². The molecule has 2 nitrogen and oxygen atoms in total. The maximum Gasteiger partial charge on any atom is 0.128 e. The molecule has 0 N–H and O–H groups in total. The van der Waals surface area contributed by atoms with Gasteiger partial charge in [0, 0.05) is 16.0 Å². The van der Waals surface area contributed by atoms with Crippen LogP contribution in [0, 0.1) is 13.8 Å². The minimum Gasteiger partial charge on any atom is -0.229 e. The highest BCUT2D eigenvalue weighted by molar-refractivity contribution is 7.98. The Morgan fingerprint density at radius 3 is 2.91 bits per heavy atom. The maximum absolute atomic E-state index is 4.61. The first kappa shape index (κ1) is 15.2. The van der Waals surface area contributed by atoms with Gasteiger partial charge in [-0.1, -0.05) is 23.8 Å². The van der Waals surface area contributed by atoms with E-state index in [0.29, 0.717) is 0 Å².